The lowest BCUT2D eigenvalue weighted by atomic mass is 10.1. The van der Waals surface area contributed by atoms with E-state index in [-0.39, 0.29) is 11.0 Å². The van der Waals surface area contributed by atoms with Crippen molar-refractivity contribution < 1.29 is 14.3 Å². The average Bonchev–Trinajstić information content (AvgIpc) is 2.60. The van der Waals surface area contributed by atoms with Gasteiger partial charge in [-0.25, -0.2) is 4.79 Å². The molecule has 1 amide bonds. The molecule has 2 rings (SSSR count). The maximum Gasteiger partial charge on any atom is 0.337 e. The van der Waals surface area contributed by atoms with Crippen molar-refractivity contribution >= 4 is 40.8 Å². The molecule has 2 aromatic rings. The predicted octanol–water partition coefficient (Wildman–Crippen LogP) is 2.93. The van der Waals surface area contributed by atoms with Gasteiger partial charge in [0.15, 0.2) is 5.11 Å². The zero-order valence-electron chi connectivity index (χ0n) is 12.8. The number of carbonyl (C=O) groups is 2. The first-order chi connectivity index (χ1) is 11.5. The molecule has 0 aliphatic carbocycles. The third kappa shape index (κ3) is 4.78. The van der Waals surface area contributed by atoms with Crippen molar-refractivity contribution in [3.63, 3.8) is 0 Å². The van der Waals surface area contributed by atoms with Crippen LogP contribution in [0.25, 0.3) is 0 Å². The number of methoxy groups -OCH3 is 1. The van der Waals surface area contributed by atoms with Crippen LogP contribution in [-0.2, 0) is 11.3 Å². The van der Waals surface area contributed by atoms with Crippen molar-refractivity contribution in [2.24, 2.45) is 0 Å². The molecule has 0 atom stereocenters. The quantitative estimate of drug-likeness (QED) is 0.646. The standard InChI is InChI=1S/C17H15ClN2O3S/c1-23-16(22)12-8-6-11(7-9-12)15(21)20-17(24)19-10-13-4-2-3-5-14(13)18/h2-9H,10H2,1H3,(H2,19,20,21,24). The van der Waals surface area contributed by atoms with Crippen molar-refractivity contribution in [3.8, 4) is 0 Å². The minimum Gasteiger partial charge on any atom is -0.465 e. The van der Waals surface area contributed by atoms with Gasteiger partial charge in [0.2, 0.25) is 0 Å². The van der Waals surface area contributed by atoms with E-state index in [1.807, 2.05) is 18.2 Å². The molecule has 124 valence electrons. The molecule has 2 aromatic carbocycles. The summed E-state index contributed by atoms with van der Waals surface area (Å²) >= 11 is 11.2. The van der Waals surface area contributed by atoms with Crippen LogP contribution in [0.3, 0.4) is 0 Å². The van der Waals surface area contributed by atoms with Crippen LogP contribution in [0.1, 0.15) is 26.3 Å². The van der Waals surface area contributed by atoms with E-state index in [2.05, 4.69) is 15.4 Å². The molecule has 0 saturated heterocycles. The summed E-state index contributed by atoms with van der Waals surface area (Å²) in [4.78, 5) is 23.5. The van der Waals surface area contributed by atoms with E-state index in [1.54, 1.807) is 6.07 Å². The van der Waals surface area contributed by atoms with Crippen LogP contribution in [-0.4, -0.2) is 24.1 Å². The Bertz CT molecular complexity index is 763. The number of carbonyl (C=O) groups excluding carboxylic acids is 2. The van der Waals surface area contributed by atoms with Gasteiger partial charge in [-0.05, 0) is 48.1 Å². The Morgan fingerprint density at radius 1 is 1.08 bits per heavy atom. The third-order valence-corrected chi connectivity index (χ3v) is 3.81. The van der Waals surface area contributed by atoms with E-state index >= 15 is 0 Å². The lowest BCUT2D eigenvalue weighted by molar-refractivity contribution is 0.0600. The van der Waals surface area contributed by atoms with Crippen LogP contribution >= 0.6 is 23.8 Å². The molecule has 0 spiro atoms. The summed E-state index contributed by atoms with van der Waals surface area (Å²) in [7, 11) is 1.30. The number of hydrogen-bond donors (Lipinski definition) is 2. The third-order valence-electron chi connectivity index (χ3n) is 3.19. The molecular formula is C17H15ClN2O3S. The molecule has 0 fully saturated rings. The molecule has 0 bridgehead atoms. The Hall–Kier alpha value is -2.44. The summed E-state index contributed by atoms with van der Waals surface area (Å²) in [5.74, 6) is -0.832. The highest BCUT2D eigenvalue weighted by atomic mass is 35.5. The zero-order valence-corrected chi connectivity index (χ0v) is 14.4. The fourth-order valence-corrected chi connectivity index (χ4v) is 2.28. The fourth-order valence-electron chi connectivity index (χ4n) is 1.91. The Labute approximate surface area is 150 Å². The lowest BCUT2D eigenvalue weighted by Gasteiger charge is -2.10. The average molecular weight is 363 g/mol. The summed E-state index contributed by atoms with van der Waals surface area (Å²) in [6, 6.07) is 13.4. The van der Waals surface area contributed by atoms with Crippen LogP contribution in [0.15, 0.2) is 48.5 Å². The smallest absolute Gasteiger partial charge is 0.337 e. The number of hydrogen-bond acceptors (Lipinski definition) is 4. The molecular weight excluding hydrogens is 348 g/mol. The highest BCUT2D eigenvalue weighted by Gasteiger charge is 2.10. The summed E-state index contributed by atoms with van der Waals surface area (Å²) in [6.07, 6.45) is 0. The van der Waals surface area contributed by atoms with Gasteiger partial charge in [0, 0.05) is 17.1 Å². The van der Waals surface area contributed by atoms with Gasteiger partial charge in [-0.15, -0.1) is 0 Å². The molecule has 0 saturated carbocycles. The first-order valence-corrected chi connectivity index (χ1v) is 7.81. The maximum absolute atomic E-state index is 12.1. The minimum atomic E-state index is -0.459. The fraction of sp³-hybridized carbons (Fsp3) is 0.118. The number of nitrogens with one attached hydrogen (secondary N) is 2. The number of rotatable bonds is 4. The first-order valence-electron chi connectivity index (χ1n) is 7.02. The normalized spacial score (nSPS) is 9.92. The molecule has 2 N–H and O–H groups in total. The van der Waals surface area contributed by atoms with Crippen molar-refractivity contribution in [1.29, 1.82) is 0 Å². The van der Waals surface area contributed by atoms with Gasteiger partial charge >= 0.3 is 5.97 Å². The summed E-state index contributed by atoms with van der Waals surface area (Å²) in [5.41, 5.74) is 1.62. The SMILES string of the molecule is COC(=O)c1ccc(C(=O)NC(=S)NCc2ccccc2Cl)cc1. The second-order valence-corrected chi connectivity index (χ2v) is 5.61. The monoisotopic (exact) mass is 362 g/mol. The Kier molecular flexibility index (Phi) is 6.28. The van der Waals surface area contributed by atoms with Gasteiger partial charge < -0.3 is 10.1 Å². The van der Waals surface area contributed by atoms with Crippen LogP contribution in [0.5, 0.6) is 0 Å². The molecule has 0 aliphatic heterocycles. The number of amides is 1. The van der Waals surface area contributed by atoms with E-state index in [0.29, 0.717) is 22.7 Å². The van der Waals surface area contributed by atoms with E-state index in [4.69, 9.17) is 23.8 Å². The molecule has 7 heteroatoms. The lowest BCUT2D eigenvalue weighted by Crippen LogP contribution is -2.38. The molecule has 0 unspecified atom stereocenters. The summed E-state index contributed by atoms with van der Waals surface area (Å²) < 4.78 is 4.60. The van der Waals surface area contributed by atoms with Gasteiger partial charge in [-0.2, -0.15) is 0 Å². The van der Waals surface area contributed by atoms with Crippen molar-refractivity contribution in [1.82, 2.24) is 10.6 Å². The van der Waals surface area contributed by atoms with Crippen LogP contribution in [0, 0.1) is 0 Å². The minimum absolute atomic E-state index is 0.192. The molecule has 0 heterocycles. The summed E-state index contributed by atoms with van der Waals surface area (Å²) in [5, 5.41) is 6.31. The Morgan fingerprint density at radius 3 is 2.33 bits per heavy atom. The number of thiocarbonyl (C=S) groups is 1. The molecule has 5 nitrogen and oxygen atoms in total. The van der Waals surface area contributed by atoms with Crippen LogP contribution < -0.4 is 10.6 Å². The topological polar surface area (TPSA) is 67.4 Å². The summed E-state index contributed by atoms with van der Waals surface area (Å²) in [6.45, 7) is 0.403. The van der Waals surface area contributed by atoms with Gasteiger partial charge in [0.05, 0.1) is 12.7 Å². The van der Waals surface area contributed by atoms with Crippen molar-refractivity contribution in [2.75, 3.05) is 7.11 Å². The van der Waals surface area contributed by atoms with Crippen LogP contribution in [0.2, 0.25) is 5.02 Å². The Balaban J connectivity index is 1.90. The van der Waals surface area contributed by atoms with Crippen molar-refractivity contribution in [2.45, 2.75) is 6.54 Å². The molecule has 0 aliphatic rings. The second-order valence-electron chi connectivity index (χ2n) is 4.80. The van der Waals surface area contributed by atoms with E-state index < -0.39 is 5.97 Å². The van der Waals surface area contributed by atoms with E-state index in [0.717, 1.165) is 5.56 Å². The predicted molar refractivity (Wildman–Crippen MR) is 96.1 cm³/mol. The highest BCUT2D eigenvalue weighted by Crippen LogP contribution is 2.14. The van der Waals surface area contributed by atoms with E-state index in [9.17, 15) is 9.59 Å². The Morgan fingerprint density at radius 2 is 1.71 bits per heavy atom. The molecule has 24 heavy (non-hydrogen) atoms. The van der Waals surface area contributed by atoms with Gasteiger partial charge in [-0.1, -0.05) is 29.8 Å². The van der Waals surface area contributed by atoms with Crippen LogP contribution in [0.4, 0.5) is 0 Å². The first kappa shape index (κ1) is 17.9. The second kappa shape index (κ2) is 8.42. The van der Waals surface area contributed by atoms with Gasteiger partial charge in [0.1, 0.15) is 0 Å². The number of benzene rings is 2. The number of halogens is 1. The maximum atomic E-state index is 12.1. The zero-order chi connectivity index (χ0) is 17.5. The molecule has 0 aromatic heterocycles. The highest BCUT2D eigenvalue weighted by molar-refractivity contribution is 7.80. The molecule has 0 radical (unpaired) electrons. The van der Waals surface area contributed by atoms with E-state index in [1.165, 1.54) is 31.4 Å². The number of ether oxygens (including phenoxy) is 1. The van der Waals surface area contributed by atoms with Crippen molar-refractivity contribution in [3.05, 3.63) is 70.2 Å². The van der Waals surface area contributed by atoms with Gasteiger partial charge in [-0.3, -0.25) is 10.1 Å². The number of esters is 1. The largest absolute Gasteiger partial charge is 0.465 e. The van der Waals surface area contributed by atoms with Gasteiger partial charge in [0.25, 0.3) is 5.91 Å².